The second-order valence-corrected chi connectivity index (χ2v) is 8.56. The molecule has 0 unspecified atom stereocenters. The van der Waals surface area contributed by atoms with Crippen LogP contribution in [-0.4, -0.2) is 46.1 Å². The third-order valence-corrected chi connectivity index (χ3v) is 6.06. The number of pyridine rings is 1. The number of piperidine rings is 1. The molecule has 0 saturated carbocycles. The van der Waals surface area contributed by atoms with Gasteiger partial charge in [0.15, 0.2) is 0 Å². The van der Waals surface area contributed by atoms with E-state index < -0.39 is 0 Å². The highest BCUT2D eigenvalue weighted by Crippen LogP contribution is 2.34. The zero-order valence-electron chi connectivity index (χ0n) is 18.7. The molecule has 1 fully saturated rings. The molecule has 1 saturated heterocycles. The Morgan fingerprint density at radius 1 is 0.971 bits per heavy atom. The van der Waals surface area contributed by atoms with Crippen LogP contribution in [0.4, 0.5) is 23.0 Å². The molecule has 7 nitrogen and oxygen atoms in total. The number of halogens is 2. The molecule has 34 heavy (non-hydrogen) atoms. The Kier molecular flexibility index (Phi) is 7.67. The van der Waals surface area contributed by atoms with Crippen molar-refractivity contribution in [3.63, 3.8) is 0 Å². The fourth-order valence-corrected chi connectivity index (χ4v) is 4.19. The Labute approximate surface area is 209 Å². The summed E-state index contributed by atoms with van der Waals surface area (Å²) in [6.45, 7) is 2.07. The van der Waals surface area contributed by atoms with Gasteiger partial charge in [-0.25, -0.2) is 15.0 Å². The molecule has 1 aliphatic rings. The van der Waals surface area contributed by atoms with E-state index in [-0.39, 0.29) is 18.5 Å². The van der Waals surface area contributed by atoms with E-state index in [2.05, 4.69) is 37.5 Å². The van der Waals surface area contributed by atoms with Gasteiger partial charge in [0.25, 0.3) is 0 Å². The molecule has 0 amide bonds. The number of hydrogen-bond acceptors (Lipinski definition) is 7. The summed E-state index contributed by atoms with van der Waals surface area (Å²) in [4.78, 5) is 15.6. The third kappa shape index (κ3) is 5.50. The number of aromatic nitrogens is 3. The monoisotopic (exact) mass is 496 g/mol. The lowest BCUT2D eigenvalue weighted by atomic mass is 10.1. The molecule has 3 heterocycles. The zero-order valence-corrected chi connectivity index (χ0v) is 20.3. The van der Waals surface area contributed by atoms with Crippen LogP contribution >= 0.6 is 24.0 Å². The predicted molar refractivity (Wildman–Crippen MR) is 140 cm³/mol. The number of ether oxygens (including phenoxy) is 1. The molecule has 0 aliphatic carbocycles. The van der Waals surface area contributed by atoms with Gasteiger partial charge in [0, 0.05) is 25.0 Å². The van der Waals surface area contributed by atoms with E-state index in [1.54, 1.807) is 12.5 Å². The van der Waals surface area contributed by atoms with Crippen LogP contribution in [0.2, 0.25) is 5.02 Å². The molecular weight excluding hydrogens is 471 g/mol. The quantitative estimate of drug-likeness (QED) is 0.335. The van der Waals surface area contributed by atoms with Crippen molar-refractivity contribution in [2.24, 2.45) is 0 Å². The number of hydrogen-bond donors (Lipinski definition) is 2. The minimum absolute atomic E-state index is 0. The summed E-state index contributed by atoms with van der Waals surface area (Å²) in [5.74, 6) is 2.22. The van der Waals surface area contributed by atoms with Gasteiger partial charge in [0.1, 0.15) is 29.8 Å². The summed E-state index contributed by atoms with van der Waals surface area (Å²) in [6, 6.07) is 17.3. The van der Waals surface area contributed by atoms with Gasteiger partial charge in [-0.05, 0) is 62.4 Å². The molecule has 0 spiro atoms. The Morgan fingerprint density at radius 2 is 1.82 bits per heavy atom. The molecule has 0 bridgehead atoms. The molecule has 5 rings (SSSR count). The van der Waals surface area contributed by atoms with Gasteiger partial charge in [-0.3, -0.25) is 0 Å². The van der Waals surface area contributed by atoms with Crippen LogP contribution < -0.4 is 15.4 Å². The van der Waals surface area contributed by atoms with Crippen LogP contribution in [0.5, 0.6) is 5.75 Å². The molecule has 0 radical (unpaired) electrons. The van der Waals surface area contributed by atoms with E-state index >= 15 is 0 Å². The third-order valence-electron chi connectivity index (χ3n) is 5.74. The summed E-state index contributed by atoms with van der Waals surface area (Å²) in [6.07, 6.45) is 5.49. The van der Waals surface area contributed by atoms with Crippen LogP contribution in [0, 0.1) is 0 Å². The average molecular weight is 497 g/mol. The van der Waals surface area contributed by atoms with Crippen LogP contribution in [0.3, 0.4) is 0 Å². The fraction of sp³-hybridized carbons (Fsp3) is 0.240. The number of benzene rings is 2. The second kappa shape index (κ2) is 10.9. The Hall–Kier alpha value is -3.13. The number of likely N-dealkylation sites (tertiary alicyclic amines) is 1. The van der Waals surface area contributed by atoms with Crippen LogP contribution in [-0.2, 0) is 0 Å². The topological polar surface area (TPSA) is 75.2 Å². The largest absolute Gasteiger partial charge is 0.489 e. The van der Waals surface area contributed by atoms with Crippen molar-refractivity contribution in [3.8, 4) is 5.75 Å². The van der Waals surface area contributed by atoms with Gasteiger partial charge < -0.3 is 20.3 Å². The van der Waals surface area contributed by atoms with Crippen molar-refractivity contribution in [2.45, 2.75) is 18.9 Å². The van der Waals surface area contributed by atoms with Gasteiger partial charge >= 0.3 is 0 Å². The molecule has 0 atom stereocenters. The highest BCUT2D eigenvalue weighted by molar-refractivity contribution is 6.33. The second-order valence-electron chi connectivity index (χ2n) is 8.15. The first kappa shape index (κ1) is 24.0. The highest BCUT2D eigenvalue weighted by atomic mass is 35.5. The van der Waals surface area contributed by atoms with Crippen molar-refractivity contribution in [2.75, 3.05) is 30.8 Å². The maximum Gasteiger partial charge on any atom is 0.145 e. The first-order valence-corrected chi connectivity index (χ1v) is 11.4. The van der Waals surface area contributed by atoms with Crippen LogP contribution in [0.1, 0.15) is 12.8 Å². The number of nitrogens with one attached hydrogen (secondary N) is 2. The fourth-order valence-electron chi connectivity index (χ4n) is 3.96. The number of anilines is 4. The maximum atomic E-state index is 6.54. The Morgan fingerprint density at radius 3 is 2.59 bits per heavy atom. The van der Waals surface area contributed by atoms with Crippen molar-refractivity contribution in [3.05, 3.63) is 72.1 Å². The lowest BCUT2D eigenvalue weighted by molar-refractivity contribution is 0.116. The molecule has 2 aromatic carbocycles. The van der Waals surface area contributed by atoms with Crippen LogP contribution in [0.15, 0.2) is 67.1 Å². The lowest BCUT2D eigenvalue weighted by Crippen LogP contribution is -2.35. The molecule has 4 aromatic rings. The standard InChI is InChI=1S/C25H25ClN6O.ClH/c1-32-13-10-18(11-14-32)33-22-6-4-5-21-24(22)25(29-16-28-21)30-17-8-9-20(19(26)15-17)31-23-7-2-3-12-27-23;/h2-9,12,15-16,18H,10-11,13-14H2,1H3,(H,27,31)(H,28,29,30);1H. The summed E-state index contributed by atoms with van der Waals surface area (Å²) in [7, 11) is 2.15. The van der Waals surface area contributed by atoms with E-state index in [1.807, 2.05) is 54.6 Å². The maximum absolute atomic E-state index is 6.54. The molecule has 1 aliphatic heterocycles. The van der Waals surface area contributed by atoms with Gasteiger partial charge in [-0.2, -0.15) is 0 Å². The van der Waals surface area contributed by atoms with E-state index in [0.717, 1.165) is 59.8 Å². The molecule has 9 heteroatoms. The van der Waals surface area contributed by atoms with Gasteiger partial charge in [0.2, 0.25) is 0 Å². The SMILES string of the molecule is CN1CCC(Oc2cccc3ncnc(Nc4ccc(Nc5ccccn5)c(Cl)c4)c23)CC1.Cl. The Balaban J connectivity index is 0.00000274. The van der Waals surface area contributed by atoms with Crippen molar-refractivity contribution < 1.29 is 4.74 Å². The summed E-state index contributed by atoms with van der Waals surface area (Å²) < 4.78 is 6.41. The molecule has 176 valence electrons. The van der Waals surface area contributed by atoms with Gasteiger partial charge in [0.05, 0.1) is 21.6 Å². The summed E-state index contributed by atoms with van der Waals surface area (Å²) in [5, 5.41) is 8.07. The molecule has 2 aromatic heterocycles. The van der Waals surface area contributed by atoms with E-state index in [1.165, 1.54) is 0 Å². The number of fused-ring (bicyclic) bond motifs is 1. The molecular formula is C25H26Cl2N6O. The first-order valence-electron chi connectivity index (χ1n) is 11.0. The van der Waals surface area contributed by atoms with Crippen molar-refractivity contribution >= 4 is 57.9 Å². The van der Waals surface area contributed by atoms with Crippen LogP contribution in [0.25, 0.3) is 10.9 Å². The number of nitrogens with zero attached hydrogens (tertiary/aromatic N) is 4. The normalized spacial score (nSPS) is 14.4. The molecule has 2 N–H and O–H groups in total. The average Bonchev–Trinajstić information content (AvgIpc) is 2.83. The summed E-state index contributed by atoms with van der Waals surface area (Å²) >= 11 is 6.54. The van der Waals surface area contributed by atoms with Crippen molar-refractivity contribution in [1.82, 2.24) is 19.9 Å². The smallest absolute Gasteiger partial charge is 0.145 e. The van der Waals surface area contributed by atoms with E-state index in [9.17, 15) is 0 Å². The summed E-state index contributed by atoms with van der Waals surface area (Å²) in [5.41, 5.74) is 2.43. The lowest BCUT2D eigenvalue weighted by Gasteiger charge is -2.29. The van der Waals surface area contributed by atoms with Gasteiger partial charge in [-0.1, -0.05) is 23.7 Å². The minimum Gasteiger partial charge on any atom is -0.489 e. The minimum atomic E-state index is 0. The van der Waals surface area contributed by atoms with E-state index in [4.69, 9.17) is 16.3 Å². The zero-order chi connectivity index (χ0) is 22.6. The van der Waals surface area contributed by atoms with E-state index in [0.29, 0.717) is 10.8 Å². The Bertz CT molecular complexity index is 1240. The first-order chi connectivity index (χ1) is 16.2. The van der Waals surface area contributed by atoms with Crippen molar-refractivity contribution in [1.29, 1.82) is 0 Å². The highest BCUT2D eigenvalue weighted by Gasteiger charge is 2.20. The predicted octanol–water partition coefficient (Wildman–Crippen LogP) is 6.06. The number of rotatable bonds is 6. The van der Waals surface area contributed by atoms with Gasteiger partial charge in [-0.15, -0.1) is 12.4 Å².